The van der Waals surface area contributed by atoms with E-state index in [9.17, 15) is 0 Å². The third-order valence-electron chi connectivity index (χ3n) is 17.8. The molecule has 3 aromatic heterocycles. The van der Waals surface area contributed by atoms with Crippen LogP contribution in [0.5, 0.6) is 5.75 Å². The summed E-state index contributed by atoms with van der Waals surface area (Å²) in [5.41, 5.74) is 24.9. The summed E-state index contributed by atoms with van der Waals surface area (Å²) in [5.74, 6) is 0.937. The van der Waals surface area contributed by atoms with Crippen LogP contribution in [0.25, 0.3) is 153 Å². The zero-order valence-electron chi connectivity index (χ0n) is 46.7. The Morgan fingerprint density at radius 3 is 1.33 bits per heavy atom. The van der Waals surface area contributed by atoms with Crippen molar-refractivity contribution >= 4 is 75.1 Å². The fourth-order valence-corrected chi connectivity index (χ4v) is 14.8. The molecule has 3 nitrogen and oxygen atoms in total. The third kappa shape index (κ3) is 8.16. The van der Waals surface area contributed by atoms with Crippen molar-refractivity contribution in [2.75, 3.05) is 0 Å². The van der Waals surface area contributed by atoms with Gasteiger partial charge in [-0.1, -0.05) is 195 Å². The number of aromatic nitrogens is 2. The second-order valence-electron chi connectivity index (χ2n) is 22.6. The first-order chi connectivity index (χ1) is 42.1. The highest BCUT2D eigenvalue weighted by atomic mass is 32.1. The summed E-state index contributed by atoms with van der Waals surface area (Å²) in [6.07, 6.45) is 0.958. The number of hydrogen-bond donors (Lipinski definition) is 0. The molecule has 0 saturated heterocycles. The van der Waals surface area contributed by atoms with E-state index in [0.717, 1.165) is 34.6 Å². The summed E-state index contributed by atoms with van der Waals surface area (Å²) in [7, 11) is 0. The van der Waals surface area contributed by atoms with Crippen LogP contribution in [0, 0.1) is 0 Å². The van der Waals surface area contributed by atoms with Crippen molar-refractivity contribution in [3.63, 3.8) is 0 Å². The first kappa shape index (κ1) is 49.1. The minimum Gasteiger partial charge on any atom is -0.485 e. The summed E-state index contributed by atoms with van der Waals surface area (Å²) < 4.78 is 14.2. The average molecular weight is 1100 g/mol. The normalized spacial score (nSPS) is 13.0. The lowest BCUT2D eigenvalue weighted by Gasteiger charge is -2.28. The maximum atomic E-state index is 6.64. The SMILES string of the molecule is CCC1Oc2ccc(-n3c4ccc(-c5ccccc5)cc4c4cc(-c5cccc(-c6cccc(-c7ccc8c(c7)c7cc(-c9ccccc9-c9ccccc9)ccc7n8-c7ccc8sc9ccccc9c8c7)c6)c5)ccc43)cc2-c2ccccc21. The van der Waals surface area contributed by atoms with Crippen LogP contribution >= 0.6 is 11.3 Å². The van der Waals surface area contributed by atoms with Crippen molar-refractivity contribution in [2.24, 2.45) is 0 Å². The molecule has 0 radical (unpaired) electrons. The molecule has 0 aliphatic carbocycles. The maximum Gasteiger partial charge on any atom is 0.128 e. The van der Waals surface area contributed by atoms with E-state index in [1.807, 2.05) is 11.3 Å². The minimum atomic E-state index is 0.0428. The van der Waals surface area contributed by atoms with Gasteiger partial charge in [0, 0.05) is 64.2 Å². The van der Waals surface area contributed by atoms with E-state index in [0.29, 0.717) is 0 Å². The van der Waals surface area contributed by atoms with Crippen molar-refractivity contribution in [3.8, 4) is 95.0 Å². The van der Waals surface area contributed by atoms with Crippen LogP contribution in [0.2, 0.25) is 0 Å². The van der Waals surface area contributed by atoms with Gasteiger partial charge in [-0.2, -0.15) is 0 Å². The lowest BCUT2D eigenvalue weighted by Crippen LogP contribution is -2.13. The molecule has 4 heterocycles. The predicted molar refractivity (Wildman–Crippen MR) is 360 cm³/mol. The molecule has 13 aromatic carbocycles. The van der Waals surface area contributed by atoms with Crippen LogP contribution < -0.4 is 4.74 Å². The topological polar surface area (TPSA) is 19.1 Å². The molecule has 0 N–H and O–H groups in total. The molecule has 1 aliphatic rings. The monoisotopic (exact) mass is 1100 g/mol. The van der Waals surface area contributed by atoms with Gasteiger partial charge in [0.1, 0.15) is 11.9 Å². The molecule has 85 heavy (non-hydrogen) atoms. The second kappa shape index (κ2) is 19.8. The summed E-state index contributed by atoms with van der Waals surface area (Å²) in [4.78, 5) is 0. The minimum absolute atomic E-state index is 0.0428. The molecule has 0 spiro atoms. The number of ether oxygens (including phenoxy) is 1. The fourth-order valence-electron chi connectivity index (χ4n) is 13.7. The van der Waals surface area contributed by atoms with E-state index in [2.05, 4.69) is 307 Å². The van der Waals surface area contributed by atoms with Gasteiger partial charge in [-0.25, -0.2) is 0 Å². The fraction of sp³-hybridized carbons (Fsp3) is 0.0370. The first-order valence-electron chi connectivity index (χ1n) is 29.5. The molecule has 0 bridgehead atoms. The number of thiophene rings is 1. The largest absolute Gasteiger partial charge is 0.485 e. The zero-order chi connectivity index (χ0) is 56.1. The number of hydrogen-bond acceptors (Lipinski definition) is 2. The van der Waals surface area contributed by atoms with E-state index >= 15 is 0 Å². The number of rotatable bonds is 9. The summed E-state index contributed by atoms with van der Waals surface area (Å²) in [5, 5.41) is 7.46. The van der Waals surface area contributed by atoms with Gasteiger partial charge >= 0.3 is 0 Å². The van der Waals surface area contributed by atoms with Crippen molar-refractivity contribution in [2.45, 2.75) is 19.4 Å². The Hall–Kier alpha value is -10.5. The Morgan fingerprint density at radius 2 is 0.729 bits per heavy atom. The third-order valence-corrected chi connectivity index (χ3v) is 18.9. The van der Waals surface area contributed by atoms with Gasteiger partial charge in [0.25, 0.3) is 0 Å². The molecule has 1 aliphatic heterocycles. The van der Waals surface area contributed by atoms with Crippen molar-refractivity contribution in [1.82, 2.24) is 9.13 Å². The quantitative estimate of drug-likeness (QED) is 0.141. The molecule has 1 atom stereocenters. The zero-order valence-corrected chi connectivity index (χ0v) is 47.5. The van der Waals surface area contributed by atoms with Gasteiger partial charge in [-0.15, -0.1) is 11.3 Å². The summed E-state index contributed by atoms with van der Waals surface area (Å²) >= 11 is 1.86. The Morgan fingerprint density at radius 1 is 0.294 bits per heavy atom. The van der Waals surface area contributed by atoms with Crippen molar-refractivity contribution < 1.29 is 4.74 Å². The maximum absolute atomic E-state index is 6.64. The van der Waals surface area contributed by atoms with E-state index in [1.54, 1.807) is 0 Å². The van der Waals surface area contributed by atoms with Crippen molar-refractivity contribution in [1.29, 1.82) is 0 Å². The lowest BCUT2D eigenvalue weighted by atomic mass is 9.91. The molecule has 0 amide bonds. The van der Waals surface area contributed by atoms with Gasteiger partial charge in [0.05, 0.1) is 22.1 Å². The van der Waals surface area contributed by atoms with E-state index in [1.165, 1.54) is 136 Å². The van der Waals surface area contributed by atoms with Crippen LogP contribution in [0.1, 0.15) is 25.0 Å². The van der Waals surface area contributed by atoms with Crippen LogP contribution in [0.15, 0.2) is 291 Å². The van der Waals surface area contributed by atoms with E-state index in [4.69, 9.17) is 4.74 Å². The summed E-state index contributed by atoms with van der Waals surface area (Å²) in [6.45, 7) is 2.20. The van der Waals surface area contributed by atoms with E-state index in [-0.39, 0.29) is 6.10 Å². The molecule has 1 unspecified atom stereocenters. The molecule has 0 saturated carbocycles. The molecular formula is C81H54N2OS. The molecular weight excluding hydrogens is 1050 g/mol. The predicted octanol–water partition coefficient (Wildman–Crippen LogP) is 22.8. The average Bonchev–Trinajstić information content (AvgIpc) is 3.89. The molecule has 4 heteroatoms. The summed E-state index contributed by atoms with van der Waals surface area (Å²) in [6, 6.07) is 108. The van der Waals surface area contributed by atoms with Gasteiger partial charge in [0.15, 0.2) is 0 Å². The first-order valence-corrected chi connectivity index (χ1v) is 30.3. The molecule has 400 valence electrons. The van der Waals surface area contributed by atoms with Gasteiger partial charge in [-0.3, -0.25) is 0 Å². The Balaban J connectivity index is 0.772. The number of nitrogens with zero attached hydrogens (tertiary/aromatic N) is 2. The Bertz CT molecular complexity index is 5330. The van der Waals surface area contributed by atoms with Gasteiger partial charge in [-0.05, 0) is 182 Å². The number of fused-ring (bicyclic) bond motifs is 12. The Kier molecular flexibility index (Phi) is 11.5. The van der Waals surface area contributed by atoms with E-state index < -0.39 is 0 Å². The second-order valence-corrected chi connectivity index (χ2v) is 23.7. The molecule has 0 fully saturated rings. The highest BCUT2D eigenvalue weighted by molar-refractivity contribution is 7.25. The van der Waals surface area contributed by atoms with Crippen LogP contribution in [-0.4, -0.2) is 9.13 Å². The molecule has 16 aromatic rings. The van der Waals surface area contributed by atoms with Gasteiger partial charge < -0.3 is 13.9 Å². The Labute approximate surface area is 497 Å². The smallest absolute Gasteiger partial charge is 0.128 e. The molecule has 17 rings (SSSR count). The van der Waals surface area contributed by atoms with Crippen LogP contribution in [-0.2, 0) is 0 Å². The van der Waals surface area contributed by atoms with Gasteiger partial charge in [0.2, 0.25) is 0 Å². The lowest BCUT2D eigenvalue weighted by molar-refractivity contribution is 0.198. The van der Waals surface area contributed by atoms with Crippen molar-refractivity contribution in [3.05, 3.63) is 297 Å². The highest BCUT2D eigenvalue weighted by Gasteiger charge is 2.26. The van der Waals surface area contributed by atoms with Crippen LogP contribution in [0.4, 0.5) is 0 Å². The standard InChI is InChI=1S/C81H54N2OS/c1-2-78-66-28-12-11-27-65(66)72-49-61(35-41-79(72)84-78)82-74-37-31-57(51-17-5-3-6-18-51)45-68(74)69-46-58(32-38-75(69)82)55-23-15-21-53(43-55)54-22-16-24-56(44-54)59-33-39-76-70(47-59)71-48-60(64-26-10-9-25-63(64)52-19-7-4-8-20-52)34-40-77(71)83(76)62-36-42-81-73(50-62)67-29-13-14-30-80(67)85-81/h3-50,78H,2H2,1H3. The van der Waals surface area contributed by atoms with Crippen LogP contribution in [0.3, 0.4) is 0 Å². The number of benzene rings is 13. The highest BCUT2D eigenvalue weighted by Crippen LogP contribution is 2.47.